The van der Waals surface area contributed by atoms with Gasteiger partial charge in [-0.1, -0.05) is 13.8 Å². The molecule has 3 nitrogen and oxygen atoms in total. The van der Waals surface area contributed by atoms with E-state index in [4.69, 9.17) is 5.73 Å². The molecule has 94 valence electrons. The van der Waals surface area contributed by atoms with E-state index in [9.17, 15) is 4.79 Å². The SMILES string of the molecule is CC(C)c1ccsc1C(=O)NCC(N)C1CC1. The molecule has 1 aromatic rings. The monoisotopic (exact) mass is 252 g/mol. The first-order chi connectivity index (χ1) is 8.09. The number of nitrogens with two attached hydrogens (primary N) is 1. The van der Waals surface area contributed by atoms with Crippen LogP contribution in [0.25, 0.3) is 0 Å². The molecule has 1 saturated carbocycles. The normalized spacial score (nSPS) is 17.2. The van der Waals surface area contributed by atoms with Crippen molar-refractivity contribution >= 4 is 17.2 Å². The molecule has 3 N–H and O–H groups in total. The second-order valence-corrected chi connectivity index (χ2v) is 5.99. The second-order valence-electron chi connectivity index (χ2n) is 5.07. The molecule has 0 bridgehead atoms. The van der Waals surface area contributed by atoms with E-state index >= 15 is 0 Å². The fourth-order valence-electron chi connectivity index (χ4n) is 1.94. The smallest absolute Gasteiger partial charge is 0.261 e. The number of rotatable bonds is 5. The van der Waals surface area contributed by atoms with Crippen LogP contribution in [0.3, 0.4) is 0 Å². The zero-order valence-electron chi connectivity index (χ0n) is 10.4. The number of carbonyl (C=O) groups excluding carboxylic acids is 1. The van der Waals surface area contributed by atoms with Gasteiger partial charge in [-0.25, -0.2) is 0 Å². The fourth-order valence-corrected chi connectivity index (χ4v) is 2.91. The zero-order valence-corrected chi connectivity index (χ0v) is 11.2. The summed E-state index contributed by atoms with van der Waals surface area (Å²) < 4.78 is 0. The predicted octanol–water partition coefficient (Wildman–Crippen LogP) is 2.34. The Kier molecular flexibility index (Phi) is 3.84. The Labute approximate surface area is 106 Å². The largest absolute Gasteiger partial charge is 0.350 e. The van der Waals surface area contributed by atoms with E-state index < -0.39 is 0 Å². The van der Waals surface area contributed by atoms with E-state index in [1.807, 2.05) is 11.4 Å². The van der Waals surface area contributed by atoms with E-state index in [1.54, 1.807) is 0 Å². The fraction of sp³-hybridized carbons (Fsp3) is 0.615. The van der Waals surface area contributed by atoms with Crippen molar-refractivity contribution in [1.29, 1.82) is 0 Å². The van der Waals surface area contributed by atoms with Crippen LogP contribution in [0.1, 0.15) is 47.8 Å². The van der Waals surface area contributed by atoms with Crippen LogP contribution < -0.4 is 11.1 Å². The third kappa shape index (κ3) is 3.07. The van der Waals surface area contributed by atoms with Gasteiger partial charge in [0.05, 0.1) is 4.88 Å². The van der Waals surface area contributed by atoms with E-state index in [1.165, 1.54) is 24.2 Å². The van der Waals surface area contributed by atoms with Gasteiger partial charge in [0.2, 0.25) is 0 Å². The lowest BCUT2D eigenvalue weighted by molar-refractivity contribution is 0.0953. The summed E-state index contributed by atoms with van der Waals surface area (Å²) in [6.07, 6.45) is 2.43. The highest BCUT2D eigenvalue weighted by molar-refractivity contribution is 7.12. The van der Waals surface area contributed by atoms with Gasteiger partial charge in [0.25, 0.3) is 5.91 Å². The number of hydrogen-bond acceptors (Lipinski definition) is 3. The molecule has 1 amide bonds. The Hall–Kier alpha value is -0.870. The Morgan fingerprint density at radius 2 is 2.29 bits per heavy atom. The molecule has 0 saturated heterocycles. The summed E-state index contributed by atoms with van der Waals surface area (Å²) in [5, 5.41) is 4.93. The third-order valence-corrected chi connectivity index (χ3v) is 4.18. The Bertz CT molecular complexity index is 396. The van der Waals surface area contributed by atoms with E-state index in [0.717, 1.165) is 10.4 Å². The van der Waals surface area contributed by atoms with Crippen LogP contribution in [0, 0.1) is 5.92 Å². The zero-order chi connectivity index (χ0) is 12.4. The molecule has 0 aliphatic heterocycles. The molecule has 1 aliphatic carbocycles. The standard InChI is InChI=1S/C13H20N2OS/c1-8(2)10-5-6-17-12(10)13(16)15-7-11(14)9-3-4-9/h5-6,8-9,11H,3-4,7,14H2,1-2H3,(H,15,16). The second kappa shape index (κ2) is 5.19. The topological polar surface area (TPSA) is 55.1 Å². The van der Waals surface area contributed by atoms with E-state index in [0.29, 0.717) is 18.4 Å². The molecule has 0 spiro atoms. The Morgan fingerprint density at radius 1 is 1.59 bits per heavy atom. The van der Waals surface area contributed by atoms with E-state index in [-0.39, 0.29) is 11.9 Å². The van der Waals surface area contributed by atoms with Gasteiger partial charge in [-0.15, -0.1) is 11.3 Å². The molecule has 1 unspecified atom stereocenters. The van der Waals surface area contributed by atoms with Crippen LogP contribution in [0.4, 0.5) is 0 Å². The molecule has 1 fully saturated rings. The van der Waals surface area contributed by atoms with Crippen LogP contribution in [-0.2, 0) is 0 Å². The molecular weight excluding hydrogens is 232 g/mol. The van der Waals surface area contributed by atoms with Gasteiger partial charge < -0.3 is 11.1 Å². The highest BCUT2D eigenvalue weighted by Crippen LogP contribution is 2.31. The molecular formula is C13H20N2OS. The van der Waals surface area contributed by atoms with Crippen molar-refractivity contribution in [2.45, 2.75) is 38.6 Å². The van der Waals surface area contributed by atoms with Gasteiger partial charge in [-0.3, -0.25) is 4.79 Å². The summed E-state index contributed by atoms with van der Waals surface area (Å²) in [5.74, 6) is 1.04. The van der Waals surface area contributed by atoms with Gasteiger partial charge in [0, 0.05) is 12.6 Å². The van der Waals surface area contributed by atoms with Gasteiger partial charge in [-0.05, 0) is 41.7 Å². The van der Waals surface area contributed by atoms with Crippen LogP contribution in [0.5, 0.6) is 0 Å². The molecule has 0 radical (unpaired) electrons. The molecule has 0 aromatic carbocycles. The maximum absolute atomic E-state index is 12.0. The van der Waals surface area contributed by atoms with Crippen molar-refractivity contribution in [1.82, 2.24) is 5.32 Å². The molecule has 1 heterocycles. The number of thiophene rings is 1. The third-order valence-electron chi connectivity index (χ3n) is 3.25. The van der Waals surface area contributed by atoms with Crippen LogP contribution >= 0.6 is 11.3 Å². The first-order valence-corrected chi connectivity index (χ1v) is 7.08. The maximum Gasteiger partial charge on any atom is 0.261 e. The summed E-state index contributed by atoms with van der Waals surface area (Å²) in [4.78, 5) is 12.9. The van der Waals surface area contributed by atoms with Gasteiger partial charge >= 0.3 is 0 Å². The quantitative estimate of drug-likeness (QED) is 0.845. The maximum atomic E-state index is 12.0. The molecule has 1 atom stereocenters. The summed E-state index contributed by atoms with van der Waals surface area (Å²) >= 11 is 1.51. The molecule has 17 heavy (non-hydrogen) atoms. The minimum atomic E-state index is 0.0276. The summed E-state index contributed by atoms with van der Waals surface area (Å²) in [6.45, 7) is 4.81. The molecule has 1 aliphatic rings. The van der Waals surface area contributed by atoms with Gasteiger partial charge in [0.1, 0.15) is 0 Å². The number of carbonyl (C=O) groups is 1. The summed E-state index contributed by atoms with van der Waals surface area (Å²) in [7, 11) is 0. The molecule has 1 aromatic heterocycles. The van der Waals surface area contributed by atoms with Crippen LogP contribution in [-0.4, -0.2) is 18.5 Å². The number of amides is 1. The Morgan fingerprint density at radius 3 is 2.88 bits per heavy atom. The predicted molar refractivity (Wildman–Crippen MR) is 71.4 cm³/mol. The average Bonchev–Trinajstić information content (AvgIpc) is 3.02. The lowest BCUT2D eigenvalue weighted by Crippen LogP contribution is -2.38. The minimum absolute atomic E-state index is 0.0276. The van der Waals surface area contributed by atoms with Crippen molar-refractivity contribution in [3.63, 3.8) is 0 Å². The highest BCUT2D eigenvalue weighted by Gasteiger charge is 2.28. The van der Waals surface area contributed by atoms with Crippen molar-refractivity contribution < 1.29 is 4.79 Å². The number of hydrogen-bond donors (Lipinski definition) is 2. The highest BCUT2D eigenvalue weighted by atomic mass is 32.1. The van der Waals surface area contributed by atoms with Gasteiger partial charge in [0.15, 0.2) is 0 Å². The molecule has 2 rings (SSSR count). The van der Waals surface area contributed by atoms with Crippen molar-refractivity contribution in [3.8, 4) is 0 Å². The average molecular weight is 252 g/mol. The van der Waals surface area contributed by atoms with E-state index in [2.05, 4.69) is 19.2 Å². The summed E-state index contributed by atoms with van der Waals surface area (Å²) in [5.41, 5.74) is 7.10. The summed E-state index contributed by atoms with van der Waals surface area (Å²) in [6, 6.07) is 2.16. The lowest BCUT2D eigenvalue weighted by Gasteiger charge is -2.12. The van der Waals surface area contributed by atoms with Crippen molar-refractivity contribution in [2.24, 2.45) is 11.7 Å². The van der Waals surface area contributed by atoms with Crippen molar-refractivity contribution in [3.05, 3.63) is 21.9 Å². The van der Waals surface area contributed by atoms with Gasteiger partial charge in [-0.2, -0.15) is 0 Å². The van der Waals surface area contributed by atoms with Crippen LogP contribution in [0.2, 0.25) is 0 Å². The Balaban J connectivity index is 1.92. The lowest BCUT2D eigenvalue weighted by atomic mass is 10.0. The first kappa shape index (κ1) is 12.6. The van der Waals surface area contributed by atoms with Crippen molar-refractivity contribution in [2.75, 3.05) is 6.54 Å². The minimum Gasteiger partial charge on any atom is -0.350 e. The van der Waals surface area contributed by atoms with Crippen LogP contribution in [0.15, 0.2) is 11.4 Å². The molecule has 4 heteroatoms. The first-order valence-electron chi connectivity index (χ1n) is 6.20. The number of nitrogens with one attached hydrogen (secondary N) is 1.